The highest BCUT2D eigenvalue weighted by molar-refractivity contribution is 9.10. The van der Waals surface area contributed by atoms with Crippen molar-refractivity contribution in [3.05, 3.63) is 68.1 Å². The fraction of sp³-hybridized carbons (Fsp3) is 0.333. The first-order valence-electron chi connectivity index (χ1n) is 7.48. The number of benzene rings is 2. The van der Waals surface area contributed by atoms with Crippen molar-refractivity contribution in [2.45, 2.75) is 38.3 Å². The van der Waals surface area contributed by atoms with Crippen LogP contribution in [-0.4, -0.2) is 0 Å². The van der Waals surface area contributed by atoms with Crippen molar-refractivity contribution in [2.24, 2.45) is 0 Å². The highest BCUT2D eigenvalue weighted by Crippen LogP contribution is 2.37. The minimum Gasteiger partial charge on any atom is -0.303 e. The Hall–Kier alpha value is -0.640. The smallest absolute Gasteiger partial charge is 0.0332 e. The number of rotatable bonds is 4. The lowest BCUT2D eigenvalue weighted by atomic mass is 10.0. The van der Waals surface area contributed by atoms with Gasteiger partial charge in [-0.2, -0.15) is 0 Å². The maximum absolute atomic E-state index is 3.85. The van der Waals surface area contributed by atoms with Crippen molar-refractivity contribution in [1.29, 1.82) is 0 Å². The van der Waals surface area contributed by atoms with Gasteiger partial charge in [0.1, 0.15) is 0 Å². The zero-order valence-electron chi connectivity index (χ0n) is 12.1. The van der Waals surface area contributed by atoms with Crippen LogP contribution in [0.15, 0.2) is 51.4 Å². The molecule has 0 heterocycles. The zero-order valence-corrected chi connectivity index (χ0v) is 15.2. The first-order chi connectivity index (χ1) is 10.2. The predicted molar refractivity (Wildman–Crippen MR) is 95.5 cm³/mol. The molecule has 3 heteroatoms. The highest BCUT2D eigenvalue weighted by Gasteiger charge is 2.25. The van der Waals surface area contributed by atoms with Gasteiger partial charge in [-0.25, -0.2) is 0 Å². The Bertz CT molecular complexity index is 622. The lowest BCUT2D eigenvalue weighted by molar-refractivity contribution is 0.433. The van der Waals surface area contributed by atoms with E-state index in [9.17, 15) is 0 Å². The fourth-order valence-corrected chi connectivity index (χ4v) is 4.01. The molecule has 2 unspecified atom stereocenters. The summed E-state index contributed by atoms with van der Waals surface area (Å²) in [6.07, 6.45) is 3.44. The molecule has 2 aromatic rings. The average molecular weight is 409 g/mol. The van der Waals surface area contributed by atoms with Gasteiger partial charge in [0.05, 0.1) is 0 Å². The molecule has 0 spiro atoms. The van der Waals surface area contributed by atoms with Gasteiger partial charge in [0, 0.05) is 21.0 Å². The Labute approximate surface area is 143 Å². The van der Waals surface area contributed by atoms with Crippen molar-refractivity contribution in [2.75, 3.05) is 0 Å². The normalized spacial score (nSPS) is 18.5. The molecule has 1 aliphatic rings. The van der Waals surface area contributed by atoms with Crippen LogP contribution in [0.1, 0.15) is 48.5 Å². The minimum atomic E-state index is 0.410. The zero-order chi connectivity index (χ0) is 14.8. The second kappa shape index (κ2) is 6.64. The van der Waals surface area contributed by atoms with E-state index in [-0.39, 0.29) is 0 Å². The van der Waals surface area contributed by atoms with Crippen molar-refractivity contribution in [3.8, 4) is 0 Å². The molecule has 0 aromatic heterocycles. The SMILES string of the molecule is CCC(NC1CCc2c(Br)cccc21)c1ccc(Br)cc1. The summed E-state index contributed by atoms with van der Waals surface area (Å²) in [5.41, 5.74) is 4.30. The van der Waals surface area contributed by atoms with Crippen LogP contribution in [0.5, 0.6) is 0 Å². The molecule has 1 aliphatic carbocycles. The Kier molecular flexibility index (Phi) is 4.82. The molecular weight excluding hydrogens is 390 g/mol. The van der Waals surface area contributed by atoms with E-state index in [0.29, 0.717) is 12.1 Å². The minimum absolute atomic E-state index is 0.410. The van der Waals surface area contributed by atoms with Crippen LogP contribution in [0, 0.1) is 0 Å². The first-order valence-corrected chi connectivity index (χ1v) is 9.06. The van der Waals surface area contributed by atoms with Crippen LogP contribution < -0.4 is 5.32 Å². The van der Waals surface area contributed by atoms with E-state index in [2.05, 4.69) is 86.6 Å². The number of halogens is 2. The number of fused-ring (bicyclic) bond motifs is 1. The summed E-state index contributed by atoms with van der Waals surface area (Å²) in [6, 6.07) is 16.1. The second-order valence-electron chi connectivity index (χ2n) is 5.58. The summed E-state index contributed by atoms with van der Waals surface area (Å²) in [4.78, 5) is 0. The van der Waals surface area contributed by atoms with Crippen LogP contribution in [0.25, 0.3) is 0 Å². The third-order valence-electron chi connectivity index (χ3n) is 4.30. The maximum atomic E-state index is 3.85. The van der Waals surface area contributed by atoms with Gasteiger partial charge in [0.25, 0.3) is 0 Å². The molecule has 110 valence electrons. The number of hydrogen-bond donors (Lipinski definition) is 1. The molecule has 21 heavy (non-hydrogen) atoms. The van der Waals surface area contributed by atoms with Crippen LogP contribution in [0.3, 0.4) is 0 Å². The number of hydrogen-bond acceptors (Lipinski definition) is 1. The lowest BCUT2D eigenvalue weighted by Gasteiger charge is -2.23. The van der Waals surface area contributed by atoms with Crippen molar-refractivity contribution in [1.82, 2.24) is 5.32 Å². The summed E-state index contributed by atoms with van der Waals surface area (Å²) in [5.74, 6) is 0. The second-order valence-corrected chi connectivity index (χ2v) is 7.35. The van der Waals surface area contributed by atoms with E-state index in [1.165, 1.54) is 27.6 Å². The third kappa shape index (κ3) is 3.25. The van der Waals surface area contributed by atoms with Crippen molar-refractivity contribution in [3.63, 3.8) is 0 Å². The third-order valence-corrected chi connectivity index (χ3v) is 5.57. The molecule has 1 N–H and O–H groups in total. The molecule has 0 saturated heterocycles. The van der Waals surface area contributed by atoms with Crippen molar-refractivity contribution >= 4 is 31.9 Å². The molecular formula is C18H19Br2N. The highest BCUT2D eigenvalue weighted by atomic mass is 79.9. The fourth-order valence-electron chi connectivity index (χ4n) is 3.17. The van der Waals surface area contributed by atoms with Gasteiger partial charge in [0.2, 0.25) is 0 Å². The van der Waals surface area contributed by atoms with Gasteiger partial charge in [0.15, 0.2) is 0 Å². The summed E-state index contributed by atoms with van der Waals surface area (Å²) in [6.45, 7) is 2.25. The number of nitrogens with one attached hydrogen (secondary N) is 1. The Morgan fingerprint density at radius 1 is 1.14 bits per heavy atom. The van der Waals surface area contributed by atoms with Crippen molar-refractivity contribution < 1.29 is 0 Å². The van der Waals surface area contributed by atoms with Gasteiger partial charge in [-0.1, -0.05) is 63.0 Å². The summed E-state index contributed by atoms with van der Waals surface area (Å²) < 4.78 is 2.39. The quantitative estimate of drug-likeness (QED) is 0.659. The molecule has 0 radical (unpaired) electrons. The summed E-state index contributed by atoms with van der Waals surface area (Å²) in [7, 11) is 0. The average Bonchev–Trinajstić information content (AvgIpc) is 2.90. The summed E-state index contributed by atoms with van der Waals surface area (Å²) >= 11 is 7.19. The van der Waals surface area contributed by atoms with Gasteiger partial charge in [-0.05, 0) is 54.2 Å². The Morgan fingerprint density at radius 2 is 1.90 bits per heavy atom. The first kappa shape index (κ1) is 15.3. The van der Waals surface area contributed by atoms with Crippen LogP contribution >= 0.6 is 31.9 Å². The molecule has 3 rings (SSSR count). The Balaban J connectivity index is 1.80. The van der Waals surface area contributed by atoms with Crippen LogP contribution in [-0.2, 0) is 6.42 Å². The van der Waals surface area contributed by atoms with E-state index in [1.807, 2.05) is 0 Å². The maximum Gasteiger partial charge on any atom is 0.0332 e. The molecule has 0 amide bonds. The molecule has 0 aliphatic heterocycles. The monoisotopic (exact) mass is 407 g/mol. The van der Waals surface area contributed by atoms with Gasteiger partial charge >= 0.3 is 0 Å². The summed E-state index contributed by atoms with van der Waals surface area (Å²) in [5, 5.41) is 3.85. The molecule has 2 aromatic carbocycles. The molecule has 1 nitrogen and oxygen atoms in total. The Morgan fingerprint density at radius 3 is 2.62 bits per heavy atom. The van der Waals surface area contributed by atoms with Gasteiger partial charge < -0.3 is 5.32 Å². The molecule has 0 bridgehead atoms. The largest absolute Gasteiger partial charge is 0.303 e. The van der Waals surface area contributed by atoms with E-state index < -0.39 is 0 Å². The predicted octanol–water partition coefficient (Wildman–Crippen LogP) is 5.94. The standard InChI is InChI=1S/C18H19Br2N/c1-2-17(12-6-8-13(19)9-7-12)21-18-11-10-14-15(18)4-3-5-16(14)20/h3-9,17-18,21H,2,10-11H2,1H3. The van der Waals surface area contributed by atoms with E-state index in [1.54, 1.807) is 0 Å². The van der Waals surface area contributed by atoms with Crippen LogP contribution in [0.4, 0.5) is 0 Å². The van der Waals surface area contributed by atoms with E-state index in [0.717, 1.165) is 17.3 Å². The van der Waals surface area contributed by atoms with Crippen LogP contribution in [0.2, 0.25) is 0 Å². The van der Waals surface area contributed by atoms with Gasteiger partial charge in [-0.15, -0.1) is 0 Å². The lowest BCUT2D eigenvalue weighted by Crippen LogP contribution is -2.24. The van der Waals surface area contributed by atoms with E-state index >= 15 is 0 Å². The molecule has 0 fully saturated rings. The topological polar surface area (TPSA) is 12.0 Å². The molecule has 2 atom stereocenters. The molecule has 0 saturated carbocycles. The van der Waals surface area contributed by atoms with Gasteiger partial charge in [-0.3, -0.25) is 0 Å². The van der Waals surface area contributed by atoms with E-state index in [4.69, 9.17) is 0 Å².